The Balaban J connectivity index is 2.50. The van der Waals surface area contributed by atoms with E-state index in [1.165, 1.54) is 0 Å². The maximum Gasteiger partial charge on any atom is 0.147 e. The lowest BCUT2D eigenvalue weighted by Gasteiger charge is -2.10. The first kappa shape index (κ1) is 10.7. The van der Waals surface area contributed by atoms with Crippen LogP contribution in [0.5, 0.6) is 0 Å². The predicted octanol–water partition coefficient (Wildman–Crippen LogP) is 0.701. The summed E-state index contributed by atoms with van der Waals surface area (Å²) in [4.78, 5) is 8.19. The fourth-order valence-corrected chi connectivity index (χ4v) is 0.938. The van der Waals surface area contributed by atoms with E-state index in [1.807, 2.05) is 6.92 Å². The zero-order valence-corrected chi connectivity index (χ0v) is 8.49. The molecule has 0 radical (unpaired) electrons. The molecule has 1 aromatic heterocycles. The molecule has 5 heteroatoms. The van der Waals surface area contributed by atoms with Crippen LogP contribution in [0.4, 0.5) is 11.6 Å². The normalized spacial score (nSPS) is 12.2. The molecule has 1 heterocycles. The highest BCUT2D eigenvalue weighted by Gasteiger charge is 2.01. The van der Waals surface area contributed by atoms with Crippen LogP contribution in [0.15, 0.2) is 12.4 Å². The van der Waals surface area contributed by atoms with Crippen LogP contribution in [0.1, 0.15) is 13.3 Å². The number of rotatable bonds is 5. The summed E-state index contributed by atoms with van der Waals surface area (Å²) in [6.07, 6.45) is 3.66. The highest BCUT2D eigenvalue weighted by Crippen LogP contribution is 2.05. The molecule has 78 valence electrons. The van der Waals surface area contributed by atoms with E-state index in [2.05, 4.69) is 20.6 Å². The Kier molecular flexibility index (Phi) is 4.12. The Bertz CT molecular complexity index is 279. The van der Waals surface area contributed by atoms with E-state index < -0.39 is 0 Å². The van der Waals surface area contributed by atoms with Crippen molar-refractivity contribution in [3.63, 3.8) is 0 Å². The number of aromatic nitrogens is 2. The second-order valence-corrected chi connectivity index (χ2v) is 2.98. The number of hydrogen-bond acceptors (Lipinski definition) is 5. The van der Waals surface area contributed by atoms with E-state index in [-0.39, 0.29) is 6.10 Å². The van der Waals surface area contributed by atoms with Gasteiger partial charge in [0.2, 0.25) is 0 Å². The molecule has 1 rings (SSSR count). The van der Waals surface area contributed by atoms with E-state index >= 15 is 0 Å². The van der Waals surface area contributed by atoms with Gasteiger partial charge in [0, 0.05) is 13.6 Å². The molecule has 0 saturated heterocycles. The average molecular weight is 196 g/mol. The summed E-state index contributed by atoms with van der Waals surface area (Å²) < 4.78 is 0. The number of aliphatic hydroxyl groups is 1. The van der Waals surface area contributed by atoms with Gasteiger partial charge in [-0.1, -0.05) is 6.92 Å². The lowest BCUT2D eigenvalue weighted by atomic mass is 10.3. The summed E-state index contributed by atoms with van der Waals surface area (Å²) in [6, 6.07) is 0. The number of hydrogen-bond donors (Lipinski definition) is 3. The Morgan fingerprint density at radius 1 is 1.43 bits per heavy atom. The van der Waals surface area contributed by atoms with Crippen molar-refractivity contribution >= 4 is 11.6 Å². The summed E-state index contributed by atoms with van der Waals surface area (Å²) in [5.74, 6) is 1.38. The van der Waals surface area contributed by atoms with Gasteiger partial charge in [-0.05, 0) is 6.42 Å². The number of nitrogens with one attached hydrogen (secondary N) is 2. The van der Waals surface area contributed by atoms with Crippen LogP contribution in [0.2, 0.25) is 0 Å². The largest absolute Gasteiger partial charge is 0.391 e. The molecule has 1 unspecified atom stereocenters. The zero-order valence-electron chi connectivity index (χ0n) is 8.49. The van der Waals surface area contributed by atoms with Gasteiger partial charge in [0.05, 0.1) is 18.5 Å². The number of aliphatic hydroxyl groups excluding tert-OH is 1. The zero-order chi connectivity index (χ0) is 10.4. The fraction of sp³-hybridized carbons (Fsp3) is 0.556. The van der Waals surface area contributed by atoms with Gasteiger partial charge in [0.15, 0.2) is 0 Å². The SMILES string of the molecule is CCC(O)CNc1cncc(NC)n1. The minimum atomic E-state index is -0.338. The Morgan fingerprint density at radius 2 is 2.14 bits per heavy atom. The molecule has 0 fully saturated rings. The Hall–Kier alpha value is -1.36. The summed E-state index contributed by atoms with van der Waals surface area (Å²) in [5, 5.41) is 15.2. The molecular weight excluding hydrogens is 180 g/mol. The molecule has 0 aliphatic heterocycles. The lowest BCUT2D eigenvalue weighted by molar-refractivity contribution is 0.183. The van der Waals surface area contributed by atoms with Crippen LogP contribution in [0.25, 0.3) is 0 Å². The molecule has 1 aromatic rings. The van der Waals surface area contributed by atoms with Gasteiger partial charge in [0.1, 0.15) is 11.6 Å². The average Bonchev–Trinajstić information content (AvgIpc) is 2.26. The number of nitrogens with zero attached hydrogens (tertiary/aromatic N) is 2. The molecule has 0 amide bonds. The topological polar surface area (TPSA) is 70.1 Å². The van der Waals surface area contributed by atoms with Gasteiger partial charge in [-0.25, -0.2) is 4.98 Å². The van der Waals surface area contributed by atoms with Crippen molar-refractivity contribution < 1.29 is 5.11 Å². The van der Waals surface area contributed by atoms with Crippen LogP contribution >= 0.6 is 0 Å². The van der Waals surface area contributed by atoms with Crippen molar-refractivity contribution in [2.24, 2.45) is 0 Å². The molecule has 0 aliphatic carbocycles. The van der Waals surface area contributed by atoms with Crippen molar-refractivity contribution in [1.29, 1.82) is 0 Å². The quantitative estimate of drug-likeness (QED) is 0.646. The van der Waals surface area contributed by atoms with Crippen molar-refractivity contribution in [3.05, 3.63) is 12.4 Å². The lowest BCUT2D eigenvalue weighted by Crippen LogP contribution is -2.19. The van der Waals surface area contributed by atoms with Crippen molar-refractivity contribution in [2.45, 2.75) is 19.4 Å². The van der Waals surface area contributed by atoms with E-state index in [0.717, 1.165) is 6.42 Å². The molecule has 0 aliphatic rings. The molecule has 0 spiro atoms. The smallest absolute Gasteiger partial charge is 0.147 e. The first-order chi connectivity index (χ1) is 6.76. The maximum atomic E-state index is 9.32. The monoisotopic (exact) mass is 196 g/mol. The molecule has 3 N–H and O–H groups in total. The first-order valence-corrected chi connectivity index (χ1v) is 4.68. The summed E-state index contributed by atoms with van der Waals surface area (Å²) in [6.45, 7) is 2.43. The minimum Gasteiger partial charge on any atom is -0.391 e. The van der Waals surface area contributed by atoms with Gasteiger partial charge < -0.3 is 15.7 Å². The van der Waals surface area contributed by atoms with Gasteiger partial charge in [-0.3, -0.25) is 4.98 Å². The third-order valence-corrected chi connectivity index (χ3v) is 1.88. The van der Waals surface area contributed by atoms with E-state index in [0.29, 0.717) is 18.2 Å². The van der Waals surface area contributed by atoms with Crippen LogP contribution in [0.3, 0.4) is 0 Å². The standard InChI is InChI=1S/C9H16N4O/c1-3-7(14)4-12-9-6-11-5-8(10-2)13-9/h5-7,14H,3-4H2,1-2H3,(H2,10,12,13). The van der Waals surface area contributed by atoms with Crippen molar-refractivity contribution in [1.82, 2.24) is 9.97 Å². The fourth-order valence-electron chi connectivity index (χ4n) is 0.938. The molecule has 5 nitrogen and oxygen atoms in total. The molecular formula is C9H16N4O. The van der Waals surface area contributed by atoms with Crippen LogP contribution in [-0.4, -0.2) is 34.8 Å². The van der Waals surface area contributed by atoms with Crippen LogP contribution in [0, 0.1) is 0 Å². The van der Waals surface area contributed by atoms with Gasteiger partial charge in [-0.2, -0.15) is 0 Å². The highest BCUT2D eigenvalue weighted by molar-refractivity contribution is 5.40. The molecule has 0 aromatic carbocycles. The second kappa shape index (κ2) is 5.39. The predicted molar refractivity (Wildman–Crippen MR) is 56.4 cm³/mol. The minimum absolute atomic E-state index is 0.338. The third kappa shape index (κ3) is 3.18. The summed E-state index contributed by atoms with van der Waals surface area (Å²) in [5.41, 5.74) is 0. The molecule has 14 heavy (non-hydrogen) atoms. The van der Waals surface area contributed by atoms with E-state index in [1.54, 1.807) is 19.4 Å². The van der Waals surface area contributed by atoms with Crippen molar-refractivity contribution in [3.8, 4) is 0 Å². The van der Waals surface area contributed by atoms with Gasteiger partial charge in [0.25, 0.3) is 0 Å². The maximum absolute atomic E-state index is 9.32. The van der Waals surface area contributed by atoms with E-state index in [9.17, 15) is 5.11 Å². The molecule has 0 saturated carbocycles. The van der Waals surface area contributed by atoms with Crippen molar-refractivity contribution in [2.75, 3.05) is 24.2 Å². The molecule has 0 bridgehead atoms. The summed E-state index contributed by atoms with van der Waals surface area (Å²) in [7, 11) is 1.79. The molecule has 1 atom stereocenters. The van der Waals surface area contributed by atoms with Crippen LogP contribution in [-0.2, 0) is 0 Å². The first-order valence-electron chi connectivity index (χ1n) is 4.68. The Morgan fingerprint density at radius 3 is 2.79 bits per heavy atom. The Labute approximate surface area is 83.6 Å². The second-order valence-electron chi connectivity index (χ2n) is 2.98. The van der Waals surface area contributed by atoms with Gasteiger partial charge >= 0.3 is 0 Å². The number of anilines is 2. The van der Waals surface area contributed by atoms with E-state index in [4.69, 9.17) is 0 Å². The third-order valence-electron chi connectivity index (χ3n) is 1.88. The summed E-state index contributed by atoms with van der Waals surface area (Å²) >= 11 is 0. The highest BCUT2D eigenvalue weighted by atomic mass is 16.3. The van der Waals surface area contributed by atoms with Gasteiger partial charge in [-0.15, -0.1) is 0 Å². The van der Waals surface area contributed by atoms with Crippen LogP contribution < -0.4 is 10.6 Å².